The SMILES string of the molecule is CCOC(=O)CNCC(O)COc1ccc(F)cc1. The van der Waals surface area contributed by atoms with E-state index in [0.717, 1.165) is 0 Å². The topological polar surface area (TPSA) is 67.8 Å². The maximum atomic E-state index is 12.6. The number of carbonyl (C=O) groups is 1. The summed E-state index contributed by atoms with van der Waals surface area (Å²) in [6.07, 6.45) is -0.764. The molecule has 19 heavy (non-hydrogen) atoms. The molecule has 0 aliphatic carbocycles. The molecular weight excluding hydrogens is 253 g/mol. The maximum absolute atomic E-state index is 12.6. The van der Waals surface area contributed by atoms with Crippen molar-refractivity contribution in [1.29, 1.82) is 0 Å². The van der Waals surface area contributed by atoms with Gasteiger partial charge < -0.3 is 19.9 Å². The Bertz CT molecular complexity index is 383. The first kappa shape index (κ1) is 15.4. The summed E-state index contributed by atoms with van der Waals surface area (Å²) in [4.78, 5) is 11.0. The van der Waals surface area contributed by atoms with Gasteiger partial charge in [0.15, 0.2) is 0 Å². The Balaban J connectivity index is 2.15. The number of rotatable bonds is 8. The van der Waals surface area contributed by atoms with Crippen LogP contribution < -0.4 is 10.1 Å². The van der Waals surface area contributed by atoms with E-state index in [1.165, 1.54) is 24.3 Å². The molecule has 1 rings (SSSR count). The van der Waals surface area contributed by atoms with Crippen molar-refractivity contribution in [3.05, 3.63) is 30.1 Å². The zero-order valence-corrected chi connectivity index (χ0v) is 10.8. The van der Waals surface area contributed by atoms with Gasteiger partial charge in [-0.2, -0.15) is 0 Å². The molecule has 0 saturated heterocycles. The third-order valence-electron chi connectivity index (χ3n) is 2.21. The van der Waals surface area contributed by atoms with Crippen molar-refractivity contribution in [3.8, 4) is 5.75 Å². The van der Waals surface area contributed by atoms with Crippen LogP contribution in [0.25, 0.3) is 0 Å². The van der Waals surface area contributed by atoms with E-state index < -0.39 is 6.10 Å². The van der Waals surface area contributed by atoms with Crippen molar-refractivity contribution in [3.63, 3.8) is 0 Å². The average molecular weight is 271 g/mol. The summed E-state index contributed by atoms with van der Waals surface area (Å²) in [7, 11) is 0. The zero-order chi connectivity index (χ0) is 14.1. The number of nitrogens with one attached hydrogen (secondary N) is 1. The molecule has 0 saturated carbocycles. The van der Waals surface area contributed by atoms with Crippen LogP contribution in [0.15, 0.2) is 24.3 Å². The molecule has 0 radical (unpaired) electrons. The molecule has 0 heterocycles. The summed E-state index contributed by atoms with van der Waals surface area (Å²) < 4.78 is 22.6. The molecule has 1 aromatic carbocycles. The van der Waals surface area contributed by atoms with Crippen molar-refractivity contribution in [1.82, 2.24) is 5.32 Å². The number of aliphatic hydroxyl groups excluding tert-OH is 1. The van der Waals surface area contributed by atoms with Gasteiger partial charge in [-0.25, -0.2) is 4.39 Å². The van der Waals surface area contributed by atoms with Gasteiger partial charge in [-0.3, -0.25) is 4.79 Å². The van der Waals surface area contributed by atoms with Crippen molar-refractivity contribution in [2.45, 2.75) is 13.0 Å². The smallest absolute Gasteiger partial charge is 0.319 e. The summed E-state index contributed by atoms with van der Waals surface area (Å²) >= 11 is 0. The second-order valence-corrected chi connectivity index (χ2v) is 3.85. The lowest BCUT2D eigenvalue weighted by Gasteiger charge is -2.13. The standard InChI is InChI=1S/C13H18FNO4/c1-2-18-13(17)8-15-7-11(16)9-19-12-5-3-10(14)4-6-12/h3-6,11,15-16H,2,7-9H2,1H3. The minimum atomic E-state index is -0.764. The summed E-state index contributed by atoms with van der Waals surface area (Å²) in [5.74, 6) is -0.232. The van der Waals surface area contributed by atoms with Crippen molar-refractivity contribution in [2.75, 3.05) is 26.3 Å². The molecular formula is C13H18FNO4. The average Bonchev–Trinajstić information content (AvgIpc) is 2.38. The lowest BCUT2D eigenvalue weighted by atomic mass is 10.3. The predicted octanol–water partition coefficient (Wildman–Crippen LogP) is 0.718. The normalized spacial score (nSPS) is 11.9. The minimum Gasteiger partial charge on any atom is -0.491 e. The molecule has 5 nitrogen and oxygen atoms in total. The van der Waals surface area contributed by atoms with Crippen LogP contribution in [0.3, 0.4) is 0 Å². The van der Waals surface area contributed by atoms with Gasteiger partial charge in [0, 0.05) is 6.54 Å². The van der Waals surface area contributed by atoms with E-state index in [1.54, 1.807) is 6.92 Å². The first-order valence-corrected chi connectivity index (χ1v) is 6.04. The fourth-order valence-electron chi connectivity index (χ4n) is 1.34. The molecule has 106 valence electrons. The van der Waals surface area contributed by atoms with E-state index in [1.807, 2.05) is 0 Å². The Kier molecular flexibility index (Phi) is 6.84. The van der Waals surface area contributed by atoms with Crippen molar-refractivity contribution >= 4 is 5.97 Å². The first-order chi connectivity index (χ1) is 9.11. The summed E-state index contributed by atoms with van der Waals surface area (Å²) in [5.41, 5.74) is 0. The van der Waals surface area contributed by atoms with Gasteiger partial charge in [0.1, 0.15) is 24.3 Å². The van der Waals surface area contributed by atoms with Gasteiger partial charge in [-0.15, -0.1) is 0 Å². The van der Waals surface area contributed by atoms with E-state index in [-0.39, 0.29) is 31.5 Å². The van der Waals surface area contributed by atoms with Crippen LogP contribution in [0.1, 0.15) is 6.92 Å². The third-order valence-corrected chi connectivity index (χ3v) is 2.21. The Labute approximate surface area is 111 Å². The fourth-order valence-corrected chi connectivity index (χ4v) is 1.34. The number of hydrogen-bond acceptors (Lipinski definition) is 5. The Hall–Kier alpha value is -1.66. The molecule has 0 aliphatic heterocycles. The fraction of sp³-hybridized carbons (Fsp3) is 0.462. The van der Waals surface area contributed by atoms with Gasteiger partial charge in [0.2, 0.25) is 0 Å². The van der Waals surface area contributed by atoms with Gasteiger partial charge in [-0.1, -0.05) is 0 Å². The number of ether oxygens (including phenoxy) is 2. The molecule has 1 aromatic rings. The van der Waals surface area contributed by atoms with E-state index >= 15 is 0 Å². The van der Waals surface area contributed by atoms with Crippen LogP contribution in [0, 0.1) is 5.82 Å². The minimum absolute atomic E-state index is 0.0431. The lowest BCUT2D eigenvalue weighted by Crippen LogP contribution is -2.35. The van der Waals surface area contributed by atoms with Crippen molar-refractivity contribution < 1.29 is 23.8 Å². The zero-order valence-electron chi connectivity index (χ0n) is 10.8. The molecule has 1 atom stereocenters. The van der Waals surface area contributed by atoms with E-state index in [4.69, 9.17) is 9.47 Å². The Morgan fingerprint density at radius 3 is 2.74 bits per heavy atom. The van der Waals surface area contributed by atoms with Crippen molar-refractivity contribution in [2.24, 2.45) is 0 Å². The summed E-state index contributed by atoms with van der Waals surface area (Å²) in [6.45, 7) is 2.36. The predicted molar refractivity (Wildman–Crippen MR) is 67.4 cm³/mol. The summed E-state index contributed by atoms with van der Waals surface area (Å²) in [5, 5.41) is 12.3. The highest BCUT2D eigenvalue weighted by molar-refractivity contribution is 5.71. The molecule has 0 aromatic heterocycles. The quantitative estimate of drug-likeness (QED) is 0.682. The largest absolute Gasteiger partial charge is 0.491 e. The Morgan fingerprint density at radius 2 is 2.11 bits per heavy atom. The number of halogens is 1. The van der Waals surface area contributed by atoms with Crippen LogP contribution in [0.4, 0.5) is 4.39 Å². The number of carbonyl (C=O) groups excluding carboxylic acids is 1. The highest BCUT2D eigenvalue weighted by Gasteiger charge is 2.07. The highest BCUT2D eigenvalue weighted by atomic mass is 19.1. The summed E-state index contributed by atoms with van der Waals surface area (Å²) in [6, 6.07) is 5.52. The molecule has 6 heteroatoms. The van der Waals surface area contributed by atoms with E-state index in [0.29, 0.717) is 12.4 Å². The molecule has 0 fully saturated rings. The monoisotopic (exact) mass is 271 g/mol. The van der Waals surface area contributed by atoms with E-state index in [2.05, 4.69) is 5.32 Å². The van der Waals surface area contributed by atoms with Crippen LogP contribution in [0.5, 0.6) is 5.75 Å². The van der Waals surface area contributed by atoms with Crippen LogP contribution in [0.2, 0.25) is 0 Å². The van der Waals surface area contributed by atoms with Crippen LogP contribution >= 0.6 is 0 Å². The lowest BCUT2D eigenvalue weighted by molar-refractivity contribution is -0.142. The number of benzene rings is 1. The number of hydrogen-bond donors (Lipinski definition) is 2. The first-order valence-electron chi connectivity index (χ1n) is 6.04. The third kappa shape index (κ3) is 6.73. The van der Waals surface area contributed by atoms with Gasteiger partial charge >= 0.3 is 5.97 Å². The molecule has 0 amide bonds. The van der Waals surface area contributed by atoms with Gasteiger partial charge in [0.25, 0.3) is 0 Å². The molecule has 0 aliphatic rings. The van der Waals surface area contributed by atoms with Gasteiger partial charge in [-0.05, 0) is 31.2 Å². The molecule has 0 spiro atoms. The van der Waals surface area contributed by atoms with E-state index in [9.17, 15) is 14.3 Å². The Morgan fingerprint density at radius 1 is 1.42 bits per heavy atom. The molecule has 2 N–H and O–H groups in total. The molecule has 1 unspecified atom stereocenters. The number of esters is 1. The van der Waals surface area contributed by atoms with Crippen LogP contribution in [-0.4, -0.2) is 43.5 Å². The maximum Gasteiger partial charge on any atom is 0.319 e. The second kappa shape index (κ2) is 8.44. The van der Waals surface area contributed by atoms with Crippen LogP contribution in [-0.2, 0) is 9.53 Å². The highest BCUT2D eigenvalue weighted by Crippen LogP contribution is 2.10. The van der Waals surface area contributed by atoms with Gasteiger partial charge in [0.05, 0.1) is 13.2 Å². The number of aliphatic hydroxyl groups is 1. The molecule has 0 bridgehead atoms. The second-order valence-electron chi connectivity index (χ2n) is 3.85.